The van der Waals surface area contributed by atoms with Crippen molar-refractivity contribution in [1.29, 1.82) is 0 Å². The minimum Gasteiger partial charge on any atom is -0.496 e. The third-order valence-electron chi connectivity index (χ3n) is 3.78. The molecular weight excluding hydrogens is 340 g/mol. The van der Waals surface area contributed by atoms with Crippen LogP contribution in [0.4, 0.5) is 11.4 Å². The van der Waals surface area contributed by atoms with E-state index in [1.165, 1.54) is 5.39 Å². The summed E-state index contributed by atoms with van der Waals surface area (Å²) in [6.45, 7) is 0. The molecule has 0 saturated heterocycles. The van der Waals surface area contributed by atoms with Gasteiger partial charge in [-0.05, 0) is 35.7 Å². The van der Waals surface area contributed by atoms with E-state index in [1.807, 2.05) is 30.3 Å². The van der Waals surface area contributed by atoms with Gasteiger partial charge in [-0.15, -0.1) is 0 Å². The first-order chi connectivity index (χ1) is 10.8. The standard InChI is InChI=1S/C18H13BrN2O/c1-22-16-9-8-12(19)10-13(16)18-20-14-6-2-4-11-5-3-7-15(21-18)17(11)14/h2-10H,1H3,(H,20,21). The zero-order valence-corrected chi connectivity index (χ0v) is 13.5. The predicted octanol–water partition coefficient (Wildman–Crippen LogP) is 5.11. The number of rotatable bonds is 2. The molecule has 0 atom stereocenters. The summed E-state index contributed by atoms with van der Waals surface area (Å²) in [7, 11) is 1.67. The summed E-state index contributed by atoms with van der Waals surface area (Å²) in [4.78, 5) is 4.79. The Morgan fingerprint density at radius 3 is 2.68 bits per heavy atom. The van der Waals surface area contributed by atoms with Crippen LogP contribution in [-0.4, -0.2) is 12.9 Å². The van der Waals surface area contributed by atoms with Gasteiger partial charge in [0.25, 0.3) is 0 Å². The quantitative estimate of drug-likeness (QED) is 0.694. The molecule has 0 saturated carbocycles. The lowest BCUT2D eigenvalue weighted by molar-refractivity contribution is 0.414. The minimum atomic E-state index is 0.793. The minimum absolute atomic E-state index is 0.793. The first-order valence-corrected chi connectivity index (χ1v) is 7.77. The van der Waals surface area contributed by atoms with Crippen molar-refractivity contribution >= 4 is 43.9 Å². The second kappa shape index (κ2) is 5.14. The Balaban J connectivity index is 1.94. The number of hydrogen-bond donors (Lipinski definition) is 1. The van der Waals surface area contributed by atoms with E-state index in [0.717, 1.165) is 38.4 Å². The first-order valence-electron chi connectivity index (χ1n) is 6.97. The lowest BCUT2D eigenvalue weighted by Gasteiger charge is -2.20. The van der Waals surface area contributed by atoms with Crippen LogP contribution in [0.5, 0.6) is 5.75 Å². The molecule has 3 nitrogen and oxygen atoms in total. The lowest BCUT2D eigenvalue weighted by atomic mass is 10.0. The Morgan fingerprint density at radius 2 is 1.86 bits per heavy atom. The summed E-state index contributed by atoms with van der Waals surface area (Å²) in [5, 5.41) is 5.77. The van der Waals surface area contributed by atoms with Gasteiger partial charge < -0.3 is 10.1 Å². The number of benzene rings is 3. The number of hydrogen-bond acceptors (Lipinski definition) is 3. The summed E-state index contributed by atoms with van der Waals surface area (Å²) in [5.41, 5.74) is 2.98. The van der Waals surface area contributed by atoms with E-state index in [9.17, 15) is 0 Å². The van der Waals surface area contributed by atoms with E-state index in [4.69, 9.17) is 9.73 Å². The van der Waals surface area contributed by atoms with Gasteiger partial charge >= 0.3 is 0 Å². The molecule has 0 aliphatic carbocycles. The molecule has 3 aromatic rings. The molecule has 0 unspecified atom stereocenters. The van der Waals surface area contributed by atoms with Crippen LogP contribution in [0, 0.1) is 0 Å². The van der Waals surface area contributed by atoms with Crippen LogP contribution < -0.4 is 10.1 Å². The van der Waals surface area contributed by atoms with Gasteiger partial charge in [0.1, 0.15) is 11.6 Å². The molecule has 0 fully saturated rings. The number of nitrogens with one attached hydrogen (secondary N) is 1. The molecule has 108 valence electrons. The van der Waals surface area contributed by atoms with Crippen molar-refractivity contribution in [2.75, 3.05) is 12.4 Å². The highest BCUT2D eigenvalue weighted by atomic mass is 79.9. The molecule has 1 heterocycles. The molecule has 0 aromatic heterocycles. The maximum atomic E-state index is 5.47. The van der Waals surface area contributed by atoms with Crippen molar-refractivity contribution in [3.05, 3.63) is 64.6 Å². The van der Waals surface area contributed by atoms with Gasteiger partial charge in [0.2, 0.25) is 0 Å². The van der Waals surface area contributed by atoms with Crippen LogP contribution >= 0.6 is 15.9 Å². The molecule has 0 bridgehead atoms. The van der Waals surface area contributed by atoms with Gasteiger partial charge in [0, 0.05) is 15.5 Å². The Hall–Kier alpha value is -2.33. The van der Waals surface area contributed by atoms with E-state index in [2.05, 4.69) is 45.5 Å². The van der Waals surface area contributed by atoms with Crippen LogP contribution in [0.15, 0.2) is 64.1 Å². The summed E-state index contributed by atoms with van der Waals surface area (Å²) < 4.78 is 6.46. The number of methoxy groups -OCH3 is 1. The van der Waals surface area contributed by atoms with Gasteiger partial charge in [0.05, 0.1) is 18.4 Å². The predicted molar refractivity (Wildman–Crippen MR) is 94.5 cm³/mol. The number of anilines is 1. The third kappa shape index (κ3) is 2.07. The van der Waals surface area contributed by atoms with Crippen LogP contribution in [0.3, 0.4) is 0 Å². The van der Waals surface area contributed by atoms with Crippen molar-refractivity contribution in [3.8, 4) is 5.75 Å². The van der Waals surface area contributed by atoms with Crippen molar-refractivity contribution in [1.82, 2.24) is 0 Å². The van der Waals surface area contributed by atoms with Crippen LogP contribution in [0.2, 0.25) is 0 Å². The molecule has 0 spiro atoms. The third-order valence-corrected chi connectivity index (χ3v) is 4.28. The average molecular weight is 353 g/mol. The molecule has 4 heteroatoms. The SMILES string of the molecule is COc1ccc(Br)cc1C1=Nc2cccc3cccc(c23)N1. The van der Waals surface area contributed by atoms with E-state index in [0.29, 0.717) is 0 Å². The number of ether oxygens (including phenoxy) is 1. The maximum absolute atomic E-state index is 5.47. The monoisotopic (exact) mass is 352 g/mol. The van der Waals surface area contributed by atoms with Crippen molar-refractivity contribution in [3.63, 3.8) is 0 Å². The number of amidine groups is 1. The van der Waals surface area contributed by atoms with E-state index in [-0.39, 0.29) is 0 Å². The second-order valence-electron chi connectivity index (χ2n) is 5.11. The van der Waals surface area contributed by atoms with Crippen molar-refractivity contribution in [2.45, 2.75) is 0 Å². The molecular formula is C18H13BrN2O. The fourth-order valence-corrected chi connectivity index (χ4v) is 3.15. The molecule has 0 radical (unpaired) electrons. The first kappa shape index (κ1) is 13.3. The van der Waals surface area contributed by atoms with Crippen LogP contribution in [-0.2, 0) is 0 Å². The highest BCUT2D eigenvalue weighted by molar-refractivity contribution is 9.10. The molecule has 1 N–H and O–H groups in total. The summed E-state index contributed by atoms with van der Waals surface area (Å²) >= 11 is 3.51. The maximum Gasteiger partial charge on any atom is 0.142 e. The molecule has 1 aliphatic rings. The summed E-state index contributed by atoms with van der Waals surface area (Å²) in [6, 6.07) is 18.3. The average Bonchev–Trinajstić information content (AvgIpc) is 2.55. The lowest BCUT2D eigenvalue weighted by Crippen LogP contribution is -2.17. The van der Waals surface area contributed by atoms with Gasteiger partial charge in [-0.2, -0.15) is 0 Å². The Bertz CT molecular complexity index is 913. The topological polar surface area (TPSA) is 33.6 Å². The van der Waals surface area contributed by atoms with Crippen LogP contribution in [0.25, 0.3) is 10.8 Å². The van der Waals surface area contributed by atoms with Crippen molar-refractivity contribution in [2.24, 2.45) is 4.99 Å². The molecule has 4 rings (SSSR count). The highest BCUT2D eigenvalue weighted by Crippen LogP contribution is 2.37. The van der Waals surface area contributed by atoms with Gasteiger partial charge in [0.15, 0.2) is 0 Å². The Labute approximate surface area is 136 Å². The van der Waals surface area contributed by atoms with Gasteiger partial charge in [-0.25, -0.2) is 4.99 Å². The van der Waals surface area contributed by atoms with E-state index < -0.39 is 0 Å². The molecule has 22 heavy (non-hydrogen) atoms. The second-order valence-corrected chi connectivity index (χ2v) is 6.03. The van der Waals surface area contributed by atoms with E-state index >= 15 is 0 Å². The van der Waals surface area contributed by atoms with Gasteiger partial charge in [-0.1, -0.05) is 40.2 Å². The summed E-state index contributed by atoms with van der Waals surface area (Å²) in [6.07, 6.45) is 0. The van der Waals surface area contributed by atoms with Crippen molar-refractivity contribution < 1.29 is 4.74 Å². The zero-order chi connectivity index (χ0) is 15.1. The zero-order valence-electron chi connectivity index (χ0n) is 11.9. The molecule has 3 aromatic carbocycles. The Kier molecular flexibility index (Phi) is 3.12. The fraction of sp³-hybridized carbons (Fsp3) is 0.0556. The smallest absolute Gasteiger partial charge is 0.142 e. The number of nitrogens with zero attached hydrogens (tertiary/aromatic N) is 1. The Morgan fingerprint density at radius 1 is 1.05 bits per heavy atom. The highest BCUT2D eigenvalue weighted by Gasteiger charge is 2.18. The molecule has 1 aliphatic heterocycles. The normalized spacial score (nSPS) is 12.7. The van der Waals surface area contributed by atoms with E-state index in [1.54, 1.807) is 7.11 Å². The van der Waals surface area contributed by atoms with Gasteiger partial charge in [-0.3, -0.25) is 0 Å². The molecule has 0 amide bonds. The summed E-state index contributed by atoms with van der Waals surface area (Å²) in [5.74, 6) is 1.59. The number of aliphatic imine (C=N–C) groups is 1. The van der Waals surface area contributed by atoms with Crippen LogP contribution in [0.1, 0.15) is 5.56 Å². The fourth-order valence-electron chi connectivity index (χ4n) is 2.79. The largest absolute Gasteiger partial charge is 0.496 e. The number of halogens is 1.